The molecule has 0 radical (unpaired) electrons. The molecule has 0 saturated carbocycles. The number of aryl methyl sites for hydroxylation is 2. The molecule has 0 aliphatic heterocycles. The molecule has 0 aliphatic rings. The first-order valence-corrected chi connectivity index (χ1v) is 9.81. The van der Waals surface area contributed by atoms with Gasteiger partial charge in [0.2, 0.25) is 0 Å². The Labute approximate surface area is 161 Å². The van der Waals surface area contributed by atoms with E-state index in [4.69, 9.17) is 5.73 Å². The van der Waals surface area contributed by atoms with Crippen LogP contribution in [-0.2, 0) is 0 Å². The van der Waals surface area contributed by atoms with E-state index in [2.05, 4.69) is 75.7 Å². The average Bonchev–Trinajstić information content (AvgIpc) is 2.69. The molecule has 0 spiro atoms. The van der Waals surface area contributed by atoms with Crippen molar-refractivity contribution in [2.24, 2.45) is 5.73 Å². The first-order valence-electron chi connectivity index (χ1n) is 9.81. The van der Waals surface area contributed by atoms with Gasteiger partial charge in [-0.3, -0.25) is 4.98 Å². The highest BCUT2D eigenvalue weighted by atomic mass is 14.7. The minimum Gasteiger partial charge on any atom is -0.320 e. The Bertz CT molecular complexity index is 632. The maximum atomic E-state index is 6.06. The number of aromatic nitrogens is 1. The van der Waals surface area contributed by atoms with Crippen LogP contribution in [0.3, 0.4) is 0 Å². The molecular weight excluding hydrogens is 316 g/mol. The highest BCUT2D eigenvalue weighted by molar-refractivity contribution is 5.32. The van der Waals surface area contributed by atoms with Gasteiger partial charge in [-0.25, -0.2) is 0 Å². The number of benzene rings is 1. The Morgan fingerprint density at radius 2 is 1.69 bits per heavy atom. The Balaban J connectivity index is 0.000000458. The second kappa shape index (κ2) is 13.3. The Kier molecular flexibility index (Phi) is 12.3. The fourth-order valence-electron chi connectivity index (χ4n) is 2.49. The molecule has 1 aromatic heterocycles. The molecule has 0 bridgehead atoms. The number of pyridine rings is 1. The number of nitrogens with two attached hydrogens (primary N) is 1. The lowest BCUT2D eigenvalue weighted by Gasteiger charge is -2.16. The van der Waals surface area contributed by atoms with Gasteiger partial charge in [-0.2, -0.15) is 0 Å². The Hall–Kier alpha value is -1.93. The van der Waals surface area contributed by atoms with Crippen LogP contribution in [0.2, 0.25) is 0 Å². The zero-order valence-corrected chi connectivity index (χ0v) is 17.8. The summed E-state index contributed by atoms with van der Waals surface area (Å²) in [5.41, 5.74) is 11.9. The lowest BCUT2D eigenvalue weighted by molar-refractivity contribution is 0.733. The average molecular weight is 355 g/mol. The zero-order chi connectivity index (χ0) is 20.1. The molecule has 0 amide bonds. The van der Waals surface area contributed by atoms with E-state index < -0.39 is 0 Å². The molecule has 2 rings (SSSR count). The summed E-state index contributed by atoms with van der Waals surface area (Å²) < 4.78 is 0. The Morgan fingerprint density at radius 1 is 1.12 bits per heavy atom. The van der Waals surface area contributed by atoms with Crippen molar-refractivity contribution in [1.29, 1.82) is 0 Å². The number of hydrogen-bond donors (Lipinski definition) is 1. The summed E-state index contributed by atoms with van der Waals surface area (Å²) in [6, 6.07) is 12.6. The van der Waals surface area contributed by atoms with Gasteiger partial charge >= 0.3 is 0 Å². The maximum Gasteiger partial charge on any atom is 0.0526 e. The van der Waals surface area contributed by atoms with Crippen LogP contribution in [0.4, 0.5) is 0 Å². The van der Waals surface area contributed by atoms with Crippen LogP contribution in [0.25, 0.3) is 0 Å². The van der Waals surface area contributed by atoms with Crippen molar-refractivity contribution in [3.8, 4) is 0 Å². The predicted molar refractivity (Wildman–Crippen MR) is 117 cm³/mol. The Morgan fingerprint density at radius 3 is 2.15 bits per heavy atom. The van der Waals surface area contributed by atoms with Gasteiger partial charge in [-0.05, 0) is 55.4 Å². The monoisotopic (exact) mass is 354 g/mol. The third kappa shape index (κ3) is 7.97. The number of rotatable bonds is 5. The largest absolute Gasteiger partial charge is 0.320 e. The summed E-state index contributed by atoms with van der Waals surface area (Å²) in [5.74, 6) is 0.709. The van der Waals surface area contributed by atoms with Crippen molar-refractivity contribution in [3.63, 3.8) is 0 Å². The summed E-state index contributed by atoms with van der Waals surface area (Å²) in [4.78, 5) is 4.26. The minimum atomic E-state index is -0.0758. The van der Waals surface area contributed by atoms with Crippen LogP contribution in [0.1, 0.15) is 81.8 Å². The minimum absolute atomic E-state index is 0.0758. The first kappa shape index (κ1) is 24.1. The SMILES string of the molecule is C=C(CC)C(N)c1cnc(C)cc1C.CC.CCC(C)c1ccccc1. The summed E-state index contributed by atoms with van der Waals surface area (Å²) >= 11 is 0. The van der Waals surface area contributed by atoms with Crippen molar-refractivity contribution in [2.45, 2.75) is 73.3 Å². The van der Waals surface area contributed by atoms with Crippen molar-refractivity contribution >= 4 is 0 Å². The molecule has 0 fully saturated rings. The third-order valence-electron chi connectivity index (χ3n) is 4.50. The van der Waals surface area contributed by atoms with Gasteiger partial charge in [0.15, 0.2) is 0 Å². The van der Waals surface area contributed by atoms with Gasteiger partial charge < -0.3 is 5.73 Å². The topological polar surface area (TPSA) is 38.9 Å². The lowest BCUT2D eigenvalue weighted by atomic mass is 9.97. The van der Waals surface area contributed by atoms with Crippen LogP contribution >= 0.6 is 0 Å². The smallest absolute Gasteiger partial charge is 0.0526 e. The van der Waals surface area contributed by atoms with Gasteiger partial charge in [0.05, 0.1) is 6.04 Å². The van der Waals surface area contributed by atoms with Gasteiger partial charge in [0.1, 0.15) is 0 Å². The first-order chi connectivity index (χ1) is 12.4. The molecule has 2 aromatic rings. The number of nitrogens with zero attached hydrogens (tertiary/aromatic N) is 1. The fraction of sp³-hybridized carbons (Fsp3) is 0.458. The van der Waals surface area contributed by atoms with Crippen molar-refractivity contribution < 1.29 is 0 Å². The molecule has 144 valence electrons. The standard InChI is InChI=1S/C12H18N2.C10H14.C2H6/c1-5-8(2)12(13)11-7-14-10(4)6-9(11)3;1-3-9(2)10-7-5-4-6-8-10;1-2/h6-7,12H,2,5,13H2,1,3-4H3;4-9H,3H2,1-2H3;1-2H3. The van der Waals surface area contributed by atoms with Gasteiger partial charge in [-0.1, -0.05) is 77.1 Å². The van der Waals surface area contributed by atoms with E-state index in [0.29, 0.717) is 5.92 Å². The van der Waals surface area contributed by atoms with Crippen LogP contribution in [0.15, 0.2) is 54.7 Å². The molecule has 2 unspecified atom stereocenters. The summed E-state index contributed by atoms with van der Waals surface area (Å²) in [5, 5.41) is 0. The molecular formula is C24H38N2. The molecule has 1 aromatic carbocycles. The molecule has 0 saturated heterocycles. The van der Waals surface area contributed by atoms with E-state index in [-0.39, 0.29) is 6.04 Å². The van der Waals surface area contributed by atoms with Crippen LogP contribution in [0, 0.1) is 13.8 Å². The quantitative estimate of drug-likeness (QED) is 0.594. The van der Waals surface area contributed by atoms with E-state index in [9.17, 15) is 0 Å². The predicted octanol–water partition coefficient (Wildman–Crippen LogP) is 6.89. The van der Waals surface area contributed by atoms with Crippen molar-refractivity contribution in [1.82, 2.24) is 4.98 Å². The molecule has 2 N–H and O–H groups in total. The molecule has 2 heteroatoms. The molecule has 2 nitrogen and oxygen atoms in total. The van der Waals surface area contributed by atoms with Gasteiger partial charge in [-0.15, -0.1) is 0 Å². The second-order valence-electron chi connectivity index (χ2n) is 6.39. The lowest BCUT2D eigenvalue weighted by Crippen LogP contribution is -2.14. The van der Waals surface area contributed by atoms with Crippen molar-refractivity contribution in [2.75, 3.05) is 0 Å². The molecule has 0 aliphatic carbocycles. The number of hydrogen-bond acceptors (Lipinski definition) is 2. The summed E-state index contributed by atoms with van der Waals surface area (Å²) in [6.07, 6.45) is 3.99. The molecule has 1 heterocycles. The summed E-state index contributed by atoms with van der Waals surface area (Å²) in [6.45, 7) is 18.6. The normalized spacial score (nSPS) is 12.0. The summed E-state index contributed by atoms with van der Waals surface area (Å²) in [7, 11) is 0. The highest BCUT2D eigenvalue weighted by Crippen LogP contribution is 2.22. The molecule has 2 atom stereocenters. The van der Waals surface area contributed by atoms with E-state index in [1.54, 1.807) is 0 Å². The van der Waals surface area contributed by atoms with Crippen molar-refractivity contribution in [3.05, 3.63) is 77.1 Å². The highest BCUT2D eigenvalue weighted by Gasteiger charge is 2.11. The van der Waals surface area contributed by atoms with E-state index in [1.165, 1.54) is 17.5 Å². The van der Waals surface area contributed by atoms with E-state index >= 15 is 0 Å². The molecule has 26 heavy (non-hydrogen) atoms. The van der Waals surface area contributed by atoms with Crippen LogP contribution in [0.5, 0.6) is 0 Å². The van der Waals surface area contributed by atoms with Gasteiger partial charge in [0, 0.05) is 11.9 Å². The van der Waals surface area contributed by atoms with E-state index in [1.807, 2.05) is 27.0 Å². The second-order valence-corrected chi connectivity index (χ2v) is 6.39. The zero-order valence-electron chi connectivity index (χ0n) is 17.8. The third-order valence-corrected chi connectivity index (χ3v) is 4.50. The maximum absolute atomic E-state index is 6.06. The van der Waals surface area contributed by atoms with Crippen LogP contribution < -0.4 is 5.73 Å². The van der Waals surface area contributed by atoms with E-state index in [0.717, 1.165) is 23.3 Å². The fourth-order valence-corrected chi connectivity index (χ4v) is 2.49. The van der Waals surface area contributed by atoms with Gasteiger partial charge in [0.25, 0.3) is 0 Å². The van der Waals surface area contributed by atoms with Crippen LogP contribution in [-0.4, -0.2) is 4.98 Å².